The Balaban J connectivity index is 2.10. The van der Waals surface area contributed by atoms with Gasteiger partial charge in [-0.3, -0.25) is 0 Å². The summed E-state index contributed by atoms with van der Waals surface area (Å²) in [6, 6.07) is 10.6. The van der Waals surface area contributed by atoms with Crippen molar-refractivity contribution < 1.29 is 14.3 Å². The third kappa shape index (κ3) is 4.36. The fourth-order valence-electron chi connectivity index (χ4n) is 2.49. The Morgan fingerprint density at radius 2 is 2.07 bits per heavy atom. The normalized spacial score (nSPS) is 10.5. The van der Waals surface area contributed by atoms with E-state index in [1.807, 2.05) is 6.07 Å². The smallest absolute Gasteiger partial charge is 0.339 e. The first-order valence-corrected chi connectivity index (χ1v) is 9.88. The zero-order valence-electron chi connectivity index (χ0n) is 14.1. The van der Waals surface area contributed by atoms with Crippen LogP contribution < -0.4 is 4.74 Å². The summed E-state index contributed by atoms with van der Waals surface area (Å²) >= 11 is 10.8. The number of azide groups is 1. The number of nitrogens with zero attached hydrogens (tertiary/aromatic N) is 3. The number of rotatable bonds is 6. The molecule has 0 amide bonds. The second kappa shape index (κ2) is 8.63. The van der Waals surface area contributed by atoms with Gasteiger partial charge in [0.1, 0.15) is 11.5 Å². The summed E-state index contributed by atoms with van der Waals surface area (Å²) in [7, 11) is 0. The molecule has 138 valence electrons. The predicted octanol–water partition coefficient (Wildman–Crippen LogP) is 7.10. The van der Waals surface area contributed by atoms with Crippen LogP contribution in [-0.4, -0.2) is 12.6 Å². The van der Waals surface area contributed by atoms with Crippen LogP contribution in [0.25, 0.3) is 20.5 Å². The number of hydrogen-bond acceptors (Lipinski definition) is 5. The SMILES string of the molecule is CCOC(=O)c1c(CN=[N+]=[N-])sc2cc(Br)c(Oc3ccc(Cl)cc3)cc12. The number of halogens is 2. The summed E-state index contributed by atoms with van der Waals surface area (Å²) in [5.74, 6) is 0.705. The first kappa shape index (κ1) is 19.5. The number of thiophene rings is 1. The fourth-order valence-corrected chi connectivity index (χ4v) is 4.32. The molecule has 0 N–H and O–H groups in total. The zero-order valence-corrected chi connectivity index (χ0v) is 17.3. The second-order valence-electron chi connectivity index (χ2n) is 5.34. The summed E-state index contributed by atoms with van der Waals surface area (Å²) in [5, 5.41) is 4.89. The Kier molecular flexibility index (Phi) is 6.23. The average molecular weight is 467 g/mol. The average Bonchev–Trinajstić information content (AvgIpc) is 2.99. The molecule has 0 aliphatic heterocycles. The molecule has 0 unspecified atom stereocenters. The topological polar surface area (TPSA) is 84.3 Å². The van der Waals surface area contributed by atoms with Crippen molar-refractivity contribution in [1.82, 2.24) is 0 Å². The van der Waals surface area contributed by atoms with Crippen LogP contribution in [0.1, 0.15) is 22.2 Å². The predicted molar refractivity (Wildman–Crippen MR) is 110 cm³/mol. The number of ether oxygens (including phenoxy) is 2. The maximum absolute atomic E-state index is 12.5. The zero-order chi connectivity index (χ0) is 19.4. The molecular formula is C18H13BrClN3O3S. The van der Waals surface area contributed by atoms with Crippen LogP contribution in [0.4, 0.5) is 0 Å². The third-order valence-electron chi connectivity index (χ3n) is 3.61. The quantitative estimate of drug-likeness (QED) is 0.168. The minimum Gasteiger partial charge on any atom is -0.462 e. The Hall–Kier alpha value is -2.25. The number of fused-ring (bicyclic) bond motifs is 1. The van der Waals surface area contributed by atoms with Crippen molar-refractivity contribution >= 4 is 54.9 Å². The van der Waals surface area contributed by atoms with Crippen molar-refractivity contribution in [1.29, 1.82) is 0 Å². The van der Waals surface area contributed by atoms with Crippen LogP contribution in [0.3, 0.4) is 0 Å². The van der Waals surface area contributed by atoms with Gasteiger partial charge < -0.3 is 9.47 Å². The lowest BCUT2D eigenvalue weighted by Gasteiger charge is -2.09. The van der Waals surface area contributed by atoms with Gasteiger partial charge in [-0.25, -0.2) is 4.79 Å². The largest absolute Gasteiger partial charge is 0.462 e. The maximum atomic E-state index is 12.5. The molecule has 0 fully saturated rings. The van der Waals surface area contributed by atoms with E-state index < -0.39 is 5.97 Å². The highest BCUT2D eigenvalue weighted by molar-refractivity contribution is 9.10. The van der Waals surface area contributed by atoms with Crippen molar-refractivity contribution in [3.05, 3.63) is 66.8 Å². The monoisotopic (exact) mass is 465 g/mol. The van der Waals surface area contributed by atoms with E-state index >= 15 is 0 Å². The van der Waals surface area contributed by atoms with E-state index in [0.717, 1.165) is 9.17 Å². The lowest BCUT2D eigenvalue weighted by atomic mass is 10.1. The van der Waals surface area contributed by atoms with E-state index in [4.69, 9.17) is 26.6 Å². The van der Waals surface area contributed by atoms with E-state index in [2.05, 4.69) is 26.0 Å². The summed E-state index contributed by atoms with van der Waals surface area (Å²) in [6.45, 7) is 2.07. The van der Waals surface area contributed by atoms with Crippen LogP contribution in [-0.2, 0) is 11.3 Å². The van der Waals surface area contributed by atoms with Crippen molar-refractivity contribution in [3.8, 4) is 11.5 Å². The van der Waals surface area contributed by atoms with Gasteiger partial charge in [-0.1, -0.05) is 16.7 Å². The highest BCUT2D eigenvalue weighted by atomic mass is 79.9. The van der Waals surface area contributed by atoms with Crippen LogP contribution in [0.5, 0.6) is 11.5 Å². The molecule has 27 heavy (non-hydrogen) atoms. The van der Waals surface area contributed by atoms with Crippen LogP contribution in [0, 0.1) is 0 Å². The van der Waals surface area contributed by atoms with Gasteiger partial charge >= 0.3 is 5.97 Å². The van der Waals surface area contributed by atoms with Gasteiger partial charge in [0.15, 0.2) is 0 Å². The van der Waals surface area contributed by atoms with Gasteiger partial charge in [-0.15, -0.1) is 11.3 Å². The summed E-state index contributed by atoms with van der Waals surface area (Å²) in [5.41, 5.74) is 9.02. The molecule has 0 atom stereocenters. The van der Waals surface area contributed by atoms with Gasteiger partial charge in [-0.05, 0) is 64.8 Å². The van der Waals surface area contributed by atoms with Gasteiger partial charge in [0.2, 0.25) is 0 Å². The third-order valence-corrected chi connectivity index (χ3v) is 5.62. The first-order chi connectivity index (χ1) is 13.0. The maximum Gasteiger partial charge on any atom is 0.339 e. The van der Waals surface area contributed by atoms with Gasteiger partial charge in [0.05, 0.1) is 23.2 Å². The molecule has 0 aliphatic rings. The Morgan fingerprint density at radius 3 is 2.74 bits per heavy atom. The minimum absolute atomic E-state index is 0.0784. The molecule has 0 radical (unpaired) electrons. The fraction of sp³-hybridized carbons (Fsp3) is 0.167. The summed E-state index contributed by atoms with van der Waals surface area (Å²) in [4.78, 5) is 15.9. The van der Waals surface area contributed by atoms with E-state index in [1.165, 1.54) is 11.3 Å². The molecule has 0 spiro atoms. The molecule has 0 bridgehead atoms. The second-order valence-corrected chi connectivity index (χ2v) is 7.77. The van der Waals surface area contributed by atoms with E-state index in [-0.39, 0.29) is 13.2 Å². The number of carbonyl (C=O) groups is 1. The molecule has 6 nitrogen and oxygen atoms in total. The highest BCUT2D eigenvalue weighted by Crippen LogP contribution is 2.40. The lowest BCUT2D eigenvalue weighted by Crippen LogP contribution is -2.06. The lowest BCUT2D eigenvalue weighted by molar-refractivity contribution is 0.0528. The number of hydrogen-bond donors (Lipinski definition) is 0. The minimum atomic E-state index is -0.452. The molecular weight excluding hydrogens is 454 g/mol. The highest BCUT2D eigenvalue weighted by Gasteiger charge is 2.21. The molecule has 0 aliphatic carbocycles. The summed E-state index contributed by atoms with van der Waals surface area (Å²) in [6.07, 6.45) is 0. The molecule has 3 rings (SSSR count). The van der Waals surface area contributed by atoms with Crippen molar-refractivity contribution in [2.75, 3.05) is 6.61 Å². The number of esters is 1. The van der Waals surface area contributed by atoms with E-state index in [9.17, 15) is 4.79 Å². The number of benzene rings is 2. The Bertz CT molecular complexity index is 1050. The Morgan fingerprint density at radius 1 is 1.33 bits per heavy atom. The molecule has 2 aromatic carbocycles. The molecule has 0 saturated carbocycles. The van der Waals surface area contributed by atoms with Crippen molar-refractivity contribution in [2.24, 2.45) is 5.11 Å². The van der Waals surface area contributed by atoms with Gasteiger partial charge in [-0.2, -0.15) is 0 Å². The van der Waals surface area contributed by atoms with E-state index in [1.54, 1.807) is 37.3 Å². The summed E-state index contributed by atoms with van der Waals surface area (Å²) < 4.78 is 12.7. The van der Waals surface area contributed by atoms with E-state index in [0.29, 0.717) is 32.3 Å². The van der Waals surface area contributed by atoms with Crippen molar-refractivity contribution in [2.45, 2.75) is 13.5 Å². The molecule has 1 heterocycles. The molecule has 3 aromatic rings. The van der Waals surface area contributed by atoms with Crippen molar-refractivity contribution in [3.63, 3.8) is 0 Å². The first-order valence-electron chi connectivity index (χ1n) is 7.89. The molecule has 0 saturated heterocycles. The van der Waals surface area contributed by atoms with Crippen LogP contribution in [0.2, 0.25) is 5.02 Å². The number of carbonyl (C=O) groups excluding carboxylic acids is 1. The molecule has 1 aromatic heterocycles. The van der Waals surface area contributed by atoms with Crippen LogP contribution >= 0.6 is 38.9 Å². The van der Waals surface area contributed by atoms with Crippen LogP contribution in [0.15, 0.2) is 46.0 Å². The Labute approximate surface area is 172 Å². The van der Waals surface area contributed by atoms with Gasteiger partial charge in [0, 0.05) is 24.9 Å². The molecule has 9 heteroatoms. The van der Waals surface area contributed by atoms with Gasteiger partial charge in [0.25, 0.3) is 0 Å². The standard InChI is InChI=1S/C18H13BrClN3O3S/c1-2-25-18(24)17-12-7-14(26-11-5-3-10(20)4-6-11)13(19)8-15(12)27-16(17)9-22-23-21/h3-8H,2,9H2,1H3.